The maximum Gasteiger partial charge on any atom is 0.134 e. The van der Waals surface area contributed by atoms with E-state index in [9.17, 15) is 0 Å². The van der Waals surface area contributed by atoms with Crippen molar-refractivity contribution in [1.82, 2.24) is 0 Å². The van der Waals surface area contributed by atoms with E-state index < -0.39 is 0 Å². The Kier molecular flexibility index (Phi) is 5.16. The zero-order chi connectivity index (χ0) is 6.74. The Morgan fingerprint density at radius 1 is 1.20 bits per heavy atom. The molecular formula is C7H15Br2N. The molecular weight excluding hydrogens is 258 g/mol. The zero-order valence-electron chi connectivity index (χ0n) is 6.45. The fourth-order valence-electron chi connectivity index (χ4n) is 1.40. The molecule has 0 unspecified atom stereocenters. The highest BCUT2D eigenvalue weighted by Gasteiger charge is 2.22. The summed E-state index contributed by atoms with van der Waals surface area (Å²) in [6.45, 7) is 2.73. The van der Waals surface area contributed by atoms with Gasteiger partial charge in [-0.25, -0.2) is 0 Å². The first-order valence-electron chi connectivity index (χ1n) is 3.66. The van der Waals surface area contributed by atoms with Gasteiger partial charge in [0, 0.05) is 0 Å². The number of piperidine rings is 1. The summed E-state index contributed by atoms with van der Waals surface area (Å²) in [6, 6.07) is 0. The van der Waals surface area contributed by atoms with E-state index >= 15 is 0 Å². The molecule has 3 heteroatoms. The lowest BCUT2D eigenvalue weighted by Gasteiger charge is -2.35. The van der Waals surface area contributed by atoms with Crippen molar-refractivity contribution < 1.29 is 21.5 Å². The first-order valence-corrected chi connectivity index (χ1v) is 4.78. The zero-order valence-corrected chi connectivity index (χ0v) is 9.62. The lowest BCUT2D eigenvalue weighted by molar-refractivity contribution is -0.900. The van der Waals surface area contributed by atoms with Crippen LogP contribution in [0.1, 0.15) is 19.3 Å². The van der Waals surface area contributed by atoms with Crippen LogP contribution in [-0.2, 0) is 0 Å². The number of likely N-dealkylation sites (tertiary alicyclic amines) is 1. The van der Waals surface area contributed by atoms with E-state index in [0.29, 0.717) is 0 Å². The van der Waals surface area contributed by atoms with Gasteiger partial charge in [0.25, 0.3) is 0 Å². The molecule has 0 radical (unpaired) electrons. The normalized spacial score (nSPS) is 23.4. The molecule has 1 nitrogen and oxygen atoms in total. The molecule has 0 amide bonds. The van der Waals surface area contributed by atoms with E-state index in [2.05, 4.69) is 23.0 Å². The first kappa shape index (κ1) is 10.9. The second-order valence-corrected chi connectivity index (χ2v) is 3.75. The Balaban J connectivity index is 0.000000810. The molecule has 62 valence electrons. The summed E-state index contributed by atoms with van der Waals surface area (Å²) >= 11 is 3.54. The molecule has 0 aliphatic carbocycles. The average molecular weight is 273 g/mol. The molecule has 0 bridgehead atoms. The Bertz CT molecular complexity index is 89.6. The minimum atomic E-state index is 0. The summed E-state index contributed by atoms with van der Waals surface area (Å²) < 4.78 is 1.24. The van der Waals surface area contributed by atoms with Crippen LogP contribution in [0.4, 0.5) is 0 Å². The van der Waals surface area contributed by atoms with E-state index in [0.717, 1.165) is 5.45 Å². The molecule has 1 rings (SSSR count). The van der Waals surface area contributed by atoms with Gasteiger partial charge < -0.3 is 21.5 Å². The van der Waals surface area contributed by atoms with Crippen molar-refractivity contribution >= 4 is 15.9 Å². The third kappa shape index (κ3) is 2.89. The first-order chi connectivity index (χ1) is 4.27. The van der Waals surface area contributed by atoms with Crippen molar-refractivity contribution in [2.75, 3.05) is 25.6 Å². The number of nitrogens with zero attached hydrogens (tertiary/aromatic N) is 1. The molecule has 0 atom stereocenters. The lowest BCUT2D eigenvalue weighted by atomic mass is 10.1. The molecule has 1 fully saturated rings. The van der Waals surface area contributed by atoms with Gasteiger partial charge in [0.05, 0.1) is 20.1 Å². The quantitative estimate of drug-likeness (QED) is 0.326. The van der Waals surface area contributed by atoms with Gasteiger partial charge in [-0.1, -0.05) is 0 Å². The van der Waals surface area contributed by atoms with Crippen LogP contribution in [0.15, 0.2) is 0 Å². The van der Waals surface area contributed by atoms with Gasteiger partial charge in [0.1, 0.15) is 5.45 Å². The predicted octanol–water partition coefficient (Wildman–Crippen LogP) is -1.03. The second-order valence-electron chi connectivity index (χ2n) is 3.25. The van der Waals surface area contributed by atoms with Crippen LogP contribution in [0.3, 0.4) is 0 Å². The predicted molar refractivity (Wildman–Crippen MR) is 43.6 cm³/mol. The van der Waals surface area contributed by atoms with Crippen molar-refractivity contribution in [1.29, 1.82) is 0 Å². The Morgan fingerprint density at radius 2 is 1.70 bits per heavy atom. The van der Waals surface area contributed by atoms with E-state index in [-0.39, 0.29) is 17.0 Å². The second kappa shape index (κ2) is 4.73. The van der Waals surface area contributed by atoms with Crippen LogP contribution >= 0.6 is 15.9 Å². The summed E-state index contributed by atoms with van der Waals surface area (Å²) in [5.74, 6) is 0. The topological polar surface area (TPSA) is 0 Å². The van der Waals surface area contributed by atoms with Crippen LogP contribution in [0.5, 0.6) is 0 Å². The molecule has 0 aromatic heterocycles. The number of hydrogen-bond donors (Lipinski definition) is 0. The standard InChI is InChI=1S/C7H15BrN.BrH/c1-9(7-8)5-3-2-4-6-9;/h2-7H2,1H3;1H/q+1;/p-1. The molecule has 10 heavy (non-hydrogen) atoms. The van der Waals surface area contributed by atoms with E-state index in [4.69, 9.17) is 0 Å². The summed E-state index contributed by atoms with van der Waals surface area (Å²) in [6.07, 6.45) is 4.28. The van der Waals surface area contributed by atoms with Gasteiger partial charge in [-0.05, 0) is 35.2 Å². The van der Waals surface area contributed by atoms with Crippen LogP contribution < -0.4 is 17.0 Å². The van der Waals surface area contributed by atoms with Gasteiger partial charge in [0.2, 0.25) is 0 Å². The van der Waals surface area contributed by atoms with Gasteiger partial charge >= 0.3 is 0 Å². The van der Waals surface area contributed by atoms with E-state index in [1.54, 1.807) is 0 Å². The molecule has 1 aliphatic heterocycles. The highest BCUT2D eigenvalue weighted by molar-refractivity contribution is 9.09. The highest BCUT2D eigenvalue weighted by Crippen LogP contribution is 2.16. The van der Waals surface area contributed by atoms with Gasteiger partial charge in [-0.3, -0.25) is 0 Å². The summed E-state index contributed by atoms with van der Waals surface area (Å²) in [5.41, 5.74) is 1.13. The van der Waals surface area contributed by atoms with E-state index in [1.807, 2.05) is 0 Å². The summed E-state index contributed by atoms with van der Waals surface area (Å²) in [7, 11) is 2.33. The third-order valence-corrected chi connectivity index (χ3v) is 3.40. The molecule has 1 heterocycles. The molecule has 0 aromatic carbocycles. The summed E-state index contributed by atoms with van der Waals surface area (Å²) in [4.78, 5) is 0. The van der Waals surface area contributed by atoms with Crippen LogP contribution in [-0.4, -0.2) is 30.1 Å². The molecule has 0 aromatic rings. The fraction of sp³-hybridized carbons (Fsp3) is 1.00. The maximum absolute atomic E-state index is 3.54. The van der Waals surface area contributed by atoms with Crippen molar-refractivity contribution in [3.05, 3.63) is 0 Å². The Hall–Kier alpha value is 0.920. The van der Waals surface area contributed by atoms with Crippen molar-refractivity contribution in [3.8, 4) is 0 Å². The molecule has 0 saturated carbocycles. The van der Waals surface area contributed by atoms with Crippen LogP contribution in [0.2, 0.25) is 0 Å². The molecule has 1 saturated heterocycles. The Morgan fingerprint density at radius 3 is 2.00 bits per heavy atom. The van der Waals surface area contributed by atoms with Gasteiger partial charge in [-0.15, -0.1) is 0 Å². The number of rotatable bonds is 1. The molecule has 0 N–H and O–H groups in total. The third-order valence-electron chi connectivity index (χ3n) is 2.18. The van der Waals surface area contributed by atoms with E-state index in [1.165, 1.54) is 36.8 Å². The maximum atomic E-state index is 3.54. The van der Waals surface area contributed by atoms with Crippen molar-refractivity contribution in [2.24, 2.45) is 0 Å². The number of hydrogen-bond acceptors (Lipinski definition) is 0. The SMILES string of the molecule is C[N+]1(CBr)CCCCC1.[Br-]. The average Bonchev–Trinajstić information content (AvgIpc) is 1.90. The van der Waals surface area contributed by atoms with Crippen molar-refractivity contribution in [2.45, 2.75) is 19.3 Å². The highest BCUT2D eigenvalue weighted by atomic mass is 79.9. The smallest absolute Gasteiger partial charge is 0.134 e. The Labute approximate surface area is 82.3 Å². The summed E-state index contributed by atoms with van der Waals surface area (Å²) in [5, 5.41) is 0. The lowest BCUT2D eigenvalue weighted by Crippen LogP contribution is -3.00. The molecule has 1 aliphatic rings. The largest absolute Gasteiger partial charge is 1.00 e. The minimum absolute atomic E-state index is 0. The van der Waals surface area contributed by atoms with Crippen LogP contribution in [0.25, 0.3) is 0 Å². The van der Waals surface area contributed by atoms with Crippen molar-refractivity contribution in [3.63, 3.8) is 0 Å². The monoisotopic (exact) mass is 271 g/mol. The minimum Gasteiger partial charge on any atom is -1.00 e. The fourth-order valence-corrected chi connectivity index (χ4v) is 1.90. The van der Waals surface area contributed by atoms with Gasteiger partial charge in [0.15, 0.2) is 0 Å². The number of halogens is 2. The van der Waals surface area contributed by atoms with Crippen LogP contribution in [0, 0.1) is 0 Å². The van der Waals surface area contributed by atoms with Gasteiger partial charge in [-0.2, -0.15) is 0 Å². The number of alkyl halides is 1. The number of quaternary nitrogens is 1. The molecule has 0 spiro atoms.